The van der Waals surface area contributed by atoms with E-state index >= 15 is 0 Å². The fraction of sp³-hybridized carbons (Fsp3) is 0.176. The molecule has 114 valence electrons. The van der Waals surface area contributed by atoms with E-state index in [2.05, 4.69) is 5.32 Å². The maximum absolute atomic E-state index is 12.0. The highest BCUT2D eigenvalue weighted by atomic mass is 35.5. The van der Waals surface area contributed by atoms with Gasteiger partial charge in [-0.25, -0.2) is 0 Å². The summed E-state index contributed by atoms with van der Waals surface area (Å²) in [6, 6.07) is 15.8. The van der Waals surface area contributed by atoms with Gasteiger partial charge in [0.05, 0.1) is 6.42 Å². The molecule has 22 heavy (non-hydrogen) atoms. The van der Waals surface area contributed by atoms with E-state index in [1.165, 1.54) is 0 Å². The molecular formula is C17H16ClNO3. The summed E-state index contributed by atoms with van der Waals surface area (Å²) in [4.78, 5) is 23.1. The second-order valence-corrected chi connectivity index (χ2v) is 5.36. The molecule has 1 atom stereocenters. The number of nitrogens with one attached hydrogen (secondary N) is 1. The van der Waals surface area contributed by atoms with Crippen LogP contribution in [-0.4, -0.2) is 23.5 Å². The molecule has 0 aliphatic rings. The van der Waals surface area contributed by atoms with E-state index < -0.39 is 5.97 Å². The minimum atomic E-state index is -0.908. The molecule has 0 heterocycles. The van der Waals surface area contributed by atoms with Crippen LogP contribution in [0, 0.1) is 0 Å². The van der Waals surface area contributed by atoms with Crippen molar-refractivity contribution in [3.05, 3.63) is 70.7 Å². The Labute approximate surface area is 133 Å². The lowest BCUT2D eigenvalue weighted by Crippen LogP contribution is -2.29. The van der Waals surface area contributed by atoms with Crippen LogP contribution < -0.4 is 5.32 Å². The van der Waals surface area contributed by atoms with Gasteiger partial charge in [0, 0.05) is 23.0 Å². The standard InChI is InChI=1S/C17H16ClNO3/c18-15-8-6-12(7-9-15)14(10-16(20)21)11-19-17(22)13-4-2-1-3-5-13/h1-9,14H,10-11H2,(H,19,22)(H,20,21). The van der Waals surface area contributed by atoms with Gasteiger partial charge in [0.2, 0.25) is 0 Å². The molecule has 0 saturated carbocycles. The van der Waals surface area contributed by atoms with Gasteiger partial charge in [0.25, 0.3) is 5.91 Å². The molecular weight excluding hydrogens is 302 g/mol. The maximum Gasteiger partial charge on any atom is 0.304 e. The smallest absolute Gasteiger partial charge is 0.304 e. The third-order valence-corrected chi connectivity index (χ3v) is 3.56. The Bertz CT molecular complexity index is 641. The molecule has 2 N–H and O–H groups in total. The van der Waals surface area contributed by atoms with Gasteiger partial charge in [-0.3, -0.25) is 9.59 Å². The highest BCUT2D eigenvalue weighted by Gasteiger charge is 2.17. The number of hydrogen-bond donors (Lipinski definition) is 2. The van der Waals surface area contributed by atoms with E-state index in [0.29, 0.717) is 10.6 Å². The summed E-state index contributed by atoms with van der Waals surface area (Å²) in [5, 5.41) is 12.4. The van der Waals surface area contributed by atoms with E-state index in [-0.39, 0.29) is 24.8 Å². The summed E-state index contributed by atoms with van der Waals surface area (Å²) in [5.74, 6) is -1.43. The Morgan fingerprint density at radius 1 is 1.05 bits per heavy atom. The van der Waals surface area contributed by atoms with Crippen LogP contribution in [0.3, 0.4) is 0 Å². The third kappa shape index (κ3) is 4.60. The van der Waals surface area contributed by atoms with Crippen molar-refractivity contribution < 1.29 is 14.7 Å². The van der Waals surface area contributed by atoms with Crippen molar-refractivity contribution in [3.63, 3.8) is 0 Å². The summed E-state index contributed by atoms with van der Waals surface area (Å²) in [5.41, 5.74) is 1.38. The van der Waals surface area contributed by atoms with Crippen molar-refractivity contribution in [3.8, 4) is 0 Å². The predicted octanol–water partition coefficient (Wildman–Crippen LogP) is 3.33. The molecule has 5 heteroatoms. The molecule has 0 aromatic heterocycles. The molecule has 0 saturated heterocycles. The fourth-order valence-corrected chi connectivity index (χ4v) is 2.29. The van der Waals surface area contributed by atoms with Gasteiger partial charge in [0.1, 0.15) is 0 Å². The average Bonchev–Trinajstić information content (AvgIpc) is 2.52. The Morgan fingerprint density at radius 2 is 1.68 bits per heavy atom. The molecule has 0 radical (unpaired) electrons. The van der Waals surface area contributed by atoms with Crippen molar-refractivity contribution in [2.24, 2.45) is 0 Å². The lowest BCUT2D eigenvalue weighted by molar-refractivity contribution is -0.137. The molecule has 2 rings (SSSR count). The van der Waals surface area contributed by atoms with Gasteiger partial charge in [-0.05, 0) is 29.8 Å². The number of rotatable bonds is 6. The highest BCUT2D eigenvalue weighted by Crippen LogP contribution is 2.21. The largest absolute Gasteiger partial charge is 0.481 e. The summed E-state index contributed by atoms with van der Waals surface area (Å²) < 4.78 is 0. The van der Waals surface area contributed by atoms with Crippen LogP contribution in [0.1, 0.15) is 28.3 Å². The summed E-state index contributed by atoms with van der Waals surface area (Å²) in [7, 11) is 0. The van der Waals surface area contributed by atoms with Crippen LogP contribution >= 0.6 is 11.6 Å². The molecule has 2 aromatic carbocycles. The summed E-state index contributed by atoms with van der Waals surface area (Å²) >= 11 is 5.84. The molecule has 0 aliphatic heterocycles. The molecule has 1 unspecified atom stereocenters. The fourth-order valence-electron chi connectivity index (χ4n) is 2.16. The Morgan fingerprint density at radius 3 is 2.27 bits per heavy atom. The SMILES string of the molecule is O=C(O)CC(CNC(=O)c1ccccc1)c1ccc(Cl)cc1. The van der Waals surface area contributed by atoms with Crippen molar-refractivity contribution in [2.75, 3.05) is 6.54 Å². The second-order valence-electron chi connectivity index (χ2n) is 4.92. The zero-order valence-electron chi connectivity index (χ0n) is 11.8. The van der Waals surface area contributed by atoms with Crippen molar-refractivity contribution >= 4 is 23.5 Å². The van der Waals surface area contributed by atoms with E-state index in [9.17, 15) is 9.59 Å². The van der Waals surface area contributed by atoms with Crippen molar-refractivity contribution in [1.29, 1.82) is 0 Å². The van der Waals surface area contributed by atoms with Gasteiger partial charge in [-0.2, -0.15) is 0 Å². The monoisotopic (exact) mass is 317 g/mol. The van der Waals surface area contributed by atoms with Gasteiger partial charge >= 0.3 is 5.97 Å². The number of aliphatic carboxylic acids is 1. The Hall–Kier alpha value is -2.33. The first-order valence-corrected chi connectivity index (χ1v) is 7.24. The van der Waals surface area contributed by atoms with Crippen molar-refractivity contribution in [1.82, 2.24) is 5.32 Å². The van der Waals surface area contributed by atoms with Crippen LogP contribution in [0.4, 0.5) is 0 Å². The third-order valence-electron chi connectivity index (χ3n) is 3.31. The first-order valence-electron chi connectivity index (χ1n) is 6.87. The first kappa shape index (κ1) is 16.0. The molecule has 2 aromatic rings. The zero-order chi connectivity index (χ0) is 15.9. The van der Waals surface area contributed by atoms with Crippen molar-refractivity contribution in [2.45, 2.75) is 12.3 Å². The number of hydrogen-bond acceptors (Lipinski definition) is 2. The number of halogens is 1. The molecule has 0 spiro atoms. The van der Waals surface area contributed by atoms with Crippen LogP contribution in [0.15, 0.2) is 54.6 Å². The molecule has 0 bridgehead atoms. The minimum absolute atomic E-state index is 0.0588. The van der Waals surface area contributed by atoms with E-state index in [0.717, 1.165) is 5.56 Å². The van der Waals surface area contributed by atoms with Gasteiger partial charge < -0.3 is 10.4 Å². The summed E-state index contributed by atoms with van der Waals surface area (Å²) in [6.45, 7) is 0.252. The molecule has 4 nitrogen and oxygen atoms in total. The number of carbonyl (C=O) groups excluding carboxylic acids is 1. The average molecular weight is 318 g/mol. The van der Waals surface area contributed by atoms with Crippen LogP contribution in [0.2, 0.25) is 5.02 Å². The van der Waals surface area contributed by atoms with Gasteiger partial charge in [-0.1, -0.05) is 41.9 Å². The lowest BCUT2D eigenvalue weighted by atomic mass is 9.95. The second kappa shape index (κ2) is 7.61. The van der Waals surface area contributed by atoms with Crippen LogP contribution in [0.5, 0.6) is 0 Å². The van der Waals surface area contributed by atoms with E-state index in [4.69, 9.17) is 16.7 Å². The molecule has 0 aliphatic carbocycles. The van der Waals surface area contributed by atoms with E-state index in [1.807, 2.05) is 6.07 Å². The van der Waals surface area contributed by atoms with Gasteiger partial charge in [-0.15, -0.1) is 0 Å². The minimum Gasteiger partial charge on any atom is -0.481 e. The van der Waals surface area contributed by atoms with E-state index in [1.54, 1.807) is 48.5 Å². The highest BCUT2D eigenvalue weighted by molar-refractivity contribution is 6.30. The van der Waals surface area contributed by atoms with Crippen LogP contribution in [0.25, 0.3) is 0 Å². The quantitative estimate of drug-likeness (QED) is 0.858. The normalized spacial score (nSPS) is 11.7. The number of carboxylic acid groups (broad SMARTS) is 1. The Balaban J connectivity index is 2.05. The number of carboxylic acids is 1. The summed E-state index contributed by atoms with van der Waals surface area (Å²) in [6.07, 6.45) is -0.0588. The maximum atomic E-state index is 12.0. The lowest BCUT2D eigenvalue weighted by Gasteiger charge is -2.16. The molecule has 1 amide bonds. The zero-order valence-corrected chi connectivity index (χ0v) is 12.6. The Kier molecular flexibility index (Phi) is 5.55. The van der Waals surface area contributed by atoms with Gasteiger partial charge in [0.15, 0.2) is 0 Å². The van der Waals surface area contributed by atoms with Crippen LogP contribution in [-0.2, 0) is 4.79 Å². The topological polar surface area (TPSA) is 66.4 Å². The number of amides is 1. The molecule has 0 fully saturated rings. The number of benzene rings is 2. The predicted molar refractivity (Wildman–Crippen MR) is 85.2 cm³/mol. The first-order chi connectivity index (χ1) is 10.6. The number of carbonyl (C=O) groups is 2.